The van der Waals surface area contributed by atoms with Crippen molar-refractivity contribution in [2.45, 2.75) is 52.2 Å². The van der Waals surface area contributed by atoms with Crippen LogP contribution in [-0.2, 0) is 4.74 Å². The van der Waals surface area contributed by atoms with Crippen LogP contribution in [0.25, 0.3) is 5.57 Å². The Morgan fingerprint density at radius 2 is 1.55 bits per heavy atom. The number of amides is 2. The Morgan fingerprint density at radius 1 is 0.950 bits per heavy atom. The van der Waals surface area contributed by atoms with Crippen molar-refractivity contribution in [1.82, 2.24) is 15.2 Å². The fourth-order valence-electron chi connectivity index (χ4n) is 4.68. The Labute approximate surface area is 235 Å². The molecule has 8 heteroatoms. The second kappa shape index (κ2) is 12.3. The number of hydrogen-bond donors (Lipinski definition) is 1. The molecule has 2 heterocycles. The lowest BCUT2D eigenvalue weighted by Gasteiger charge is -2.32. The first kappa shape index (κ1) is 28.8. The Kier molecular flexibility index (Phi) is 8.87. The van der Waals surface area contributed by atoms with Gasteiger partial charge >= 0.3 is 6.09 Å². The van der Waals surface area contributed by atoms with E-state index in [1.54, 1.807) is 29.3 Å². The topological polar surface area (TPSA) is 80.8 Å². The van der Waals surface area contributed by atoms with Gasteiger partial charge in [-0.25, -0.2) is 9.18 Å². The van der Waals surface area contributed by atoms with Crippen LogP contribution in [0.5, 0.6) is 5.75 Å². The average molecular weight is 546 g/mol. The molecule has 0 unspecified atom stereocenters. The predicted molar refractivity (Wildman–Crippen MR) is 153 cm³/mol. The molecule has 210 valence electrons. The van der Waals surface area contributed by atoms with Crippen LogP contribution in [0.3, 0.4) is 0 Å². The first-order valence-corrected chi connectivity index (χ1v) is 13.4. The summed E-state index contributed by atoms with van der Waals surface area (Å²) < 4.78 is 24.5. The van der Waals surface area contributed by atoms with Gasteiger partial charge in [0.05, 0.1) is 24.9 Å². The smallest absolute Gasteiger partial charge is 0.410 e. The van der Waals surface area contributed by atoms with E-state index in [1.165, 1.54) is 31.0 Å². The Hall–Kier alpha value is -4.20. The Morgan fingerprint density at radius 3 is 2.12 bits per heavy atom. The van der Waals surface area contributed by atoms with Gasteiger partial charge in [-0.05, 0) is 81.0 Å². The summed E-state index contributed by atoms with van der Waals surface area (Å²) in [5, 5.41) is 3.01. The van der Waals surface area contributed by atoms with Crippen LogP contribution in [0.15, 0.2) is 72.6 Å². The van der Waals surface area contributed by atoms with E-state index >= 15 is 0 Å². The van der Waals surface area contributed by atoms with E-state index in [0.717, 1.165) is 22.3 Å². The minimum Gasteiger partial charge on any atom is -0.495 e. The molecule has 2 aromatic carbocycles. The van der Waals surface area contributed by atoms with Crippen molar-refractivity contribution in [3.63, 3.8) is 0 Å². The zero-order valence-electron chi connectivity index (χ0n) is 23.7. The second-order valence-corrected chi connectivity index (χ2v) is 10.9. The summed E-state index contributed by atoms with van der Waals surface area (Å²) in [5.41, 5.74) is 4.96. The van der Waals surface area contributed by atoms with Gasteiger partial charge in [0.15, 0.2) is 0 Å². The number of hydrogen-bond acceptors (Lipinski definition) is 5. The minimum atomic E-state index is -0.546. The van der Waals surface area contributed by atoms with Crippen LogP contribution in [0, 0.1) is 5.82 Å². The van der Waals surface area contributed by atoms with Crippen molar-refractivity contribution >= 4 is 17.6 Å². The summed E-state index contributed by atoms with van der Waals surface area (Å²) in [6.45, 7) is 8.60. The lowest BCUT2D eigenvalue weighted by Crippen LogP contribution is -2.40. The van der Waals surface area contributed by atoms with Crippen LogP contribution in [0.1, 0.15) is 73.6 Å². The molecule has 4 rings (SSSR count). The summed E-state index contributed by atoms with van der Waals surface area (Å²) >= 11 is 0. The average Bonchev–Trinajstić information content (AvgIpc) is 2.94. The quantitative estimate of drug-likeness (QED) is 0.380. The molecule has 1 fully saturated rings. The number of piperidine rings is 1. The number of ether oxygens (including phenoxy) is 2. The van der Waals surface area contributed by atoms with Gasteiger partial charge in [0.2, 0.25) is 0 Å². The van der Waals surface area contributed by atoms with Crippen molar-refractivity contribution in [3.8, 4) is 5.75 Å². The molecule has 7 nitrogen and oxygen atoms in total. The molecule has 40 heavy (non-hydrogen) atoms. The van der Waals surface area contributed by atoms with Crippen molar-refractivity contribution in [3.05, 3.63) is 101 Å². The van der Waals surface area contributed by atoms with E-state index in [0.29, 0.717) is 37.2 Å². The maximum atomic E-state index is 13.8. The van der Waals surface area contributed by atoms with Crippen molar-refractivity contribution in [2.75, 3.05) is 20.2 Å². The summed E-state index contributed by atoms with van der Waals surface area (Å²) in [7, 11) is 1.53. The number of benzene rings is 2. The number of carbonyl (C=O) groups is 2. The van der Waals surface area contributed by atoms with Gasteiger partial charge in [0, 0.05) is 19.3 Å². The van der Waals surface area contributed by atoms with Gasteiger partial charge in [-0.1, -0.05) is 42.0 Å². The molecule has 0 spiro atoms. The van der Waals surface area contributed by atoms with Crippen LogP contribution in [0.4, 0.5) is 9.18 Å². The monoisotopic (exact) mass is 545 g/mol. The number of nitrogens with zero attached hydrogens (tertiary/aromatic N) is 2. The number of halogens is 1. The molecule has 1 aromatic heterocycles. The molecule has 3 aromatic rings. The van der Waals surface area contributed by atoms with Gasteiger partial charge in [-0.2, -0.15) is 0 Å². The number of pyridine rings is 1. The maximum Gasteiger partial charge on any atom is 0.410 e. The minimum absolute atomic E-state index is 0.242. The SMILES string of the molecule is COc1cncc(C(=O)N[C@H](C)c2ccc(C(=C3CCN(C(=O)OC(C)(C)C)CC3)c3ccc(F)cc3)cc2)c1. The molecule has 0 aliphatic carbocycles. The molecule has 2 amide bonds. The number of aromatic nitrogens is 1. The molecule has 1 aliphatic heterocycles. The Bertz CT molecular complexity index is 1370. The zero-order valence-corrected chi connectivity index (χ0v) is 23.7. The lowest BCUT2D eigenvalue weighted by molar-refractivity contribution is 0.0236. The third-order valence-corrected chi connectivity index (χ3v) is 6.76. The van der Waals surface area contributed by atoms with Crippen LogP contribution >= 0.6 is 0 Å². The van der Waals surface area contributed by atoms with Crippen molar-refractivity contribution < 1.29 is 23.5 Å². The maximum absolute atomic E-state index is 13.8. The van der Waals surface area contributed by atoms with Crippen molar-refractivity contribution in [2.24, 2.45) is 0 Å². The number of rotatable bonds is 6. The van der Waals surface area contributed by atoms with E-state index in [4.69, 9.17) is 9.47 Å². The summed E-state index contributed by atoms with van der Waals surface area (Å²) in [6.07, 6.45) is 4.12. The zero-order chi connectivity index (χ0) is 28.9. The lowest BCUT2D eigenvalue weighted by atomic mass is 9.88. The van der Waals surface area contributed by atoms with E-state index < -0.39 is 5.60 Å². The normalized spacial score (nSPS) is 14.3. The van der Waals surface area contributed by atoms with Crippen LogP contribution < -0.4 is 10.1 Å². The third-order valence-electron chi connectivity index (χ3n) is 6.76. The van der Waals surface area contributed by atoms with E-state index in [9.17, 15) is 14.0 Å². The first-order valence-electron chi connectivity index (χ1n) is 13.4. The summed E-state index contributed by atoms with van der Waals surface area (Å²) in [4.78, 5) is 31.1. The number of nitrogens with one attached hydrogen (secondary N) is 1. The first-order chi connectivity index (χ1) is 19.0. The van der Waals surface area contributed by atoms with Crippen LogP contribution in [0.2, 0.25) is 0 Å². The van der Waals surface area contributed by atoms with Gasteiger partial charge in [0.1, 0.15) is 17.2 Å². The van der Waals surface area contributed by atoms with Gasteiger partial charge in [-0.3, -0.25) is 9.78 Å². The molecule has 1 N–H and O–H groups in total. The van der Waals surface area contributed by atoms with Gasteiger partial charge < -0.3 is 19.7 Å². The highest BCUT2D eigenvalue weighted by atomic mass is 19.1. The third kappa shape index (κ3) is 7.25. The molecular formula is C32H36FN3O4. The fourth-order valence-corrected chi connectivity index (χ4v) is 4.68. The van der Waals surface area contributed by atoms with E-state index in [1.807, 2.05) is 52.0 Å². The fraction of sp³-hybridized carbons (Fsp3) is 0.344. The van der Waals surface area contributed by atoms with Crippen LogP contribution in [-0.4, -0.2) is 47.7 Å². The summed E-state index contributed by atoms with van der Waals surface area (Å²) in [5.74, 6) is -0.0178. The van der Waals surface area contributed by atoms with Gasteiger partial charge in [-0.15, -0.1) is 0 Å². The van der Waals surface area contributed by atoms with Gasteiger partial charge in [0.25, 0.3) is 5.91 Å². The molecule has 0 radical (unpaired) electrons. The number of likely N-dealkylation sites (tertiary alicyclic amines) is 1. The van der Waals surface area contributed by atoms with E-state index in [-0.39, 0.29) is 23.9 Å². The van der Waals surface area contributed by atoms with E-state index in [2.05, 4.69) is 10.3 Å². The largest absolute Gasteiger partial charge is 0.495 e. The highest BCUT2D eigenvalue weighted by Crippen LogP contribution is 2.33. The molecule has 0 bridgehead atoms. The second-order valence-electron chi connectivity index (χ2n) is 10.9. The predicted octanol–water partition coefficient (Wildman–Crippen LogP) is 6.55. The molecule has 1 aliphatic rings. The van der Waals surface area contributed by atoms with Crippen molar-refractivity contribution in [1.29, 1.82) is 0 Å². The molecule has 1 saturated heterocycles. The standard InChI is InChI=1S/C32H36FN3O4/c1-21(35-30(37)26-18-28(39-5)20-34-19-26)22-6-8-23(9-7-22)29(24-10-12-27(33)13-11-24)25-14-16-36(17-15-25)31(38)40-32(2,3)4/h6-13,18-21H,14-17H2,1-5H3,(H,35,37)/t21-/m1/s1. The highest BCUT2D eigenvalue weighted by Gasteiger charge is 2.26. The Balaban J connectivity index is 1.54. The highest BCUT2D eigenvalue weighted by molar-refractivity contribution is 5.94. The number of carbonyl (C=O) groups excluding carboxylic acids is 2. The molecule has 0 saturated carbocycles. The molecular weight excluding hydrogens is 509 g/mol. The number of methoxy groups -OCH3 is 1. The summed E-state index contributed by atoms with van der Waals surface area (Å²) in [6, 6.07) is 15.9. The molecule has 1 atom stereocenters.